The standard InChI is InChI=1S/C26H31N7OS/c1-19-24-25(33(29-19)22-7-5-4-6-8-22)28-26(35-24)31(3)18-23(34)27-17-20-9-11-21(12-10-20)32-15-13-30(2)14-16-32/h4-12H,13-18H2,1-3H3,(H,27,34). The lowest BCUT2D eigenvalue weighted by atomic mass is 10.2. The third-order valence-corrected chi connectivity index (χ3v) is 7.65. The first kappa shape index (κ1) is 23.3. The highest BCUT2D eigenvalue weighted by Crippen LogP contribution is 2.31. The number of hydrogen-bond donors (Lipinski definition) is 1. The van der Waals surface area contributed by atoms with Gasteiger partial charge in [0.15, 0.2) is 10.8 Å². The van der Waals surface area contributed by atoms with Crippen LogP contribution >= 0.6 is 11.3 Å². The van der Waals surface area contributed by atoms with Gasteiger partial charge in [-0.3, -0.25) is 4.79 Å². The Labute approximate surface area is 209 Å². The van der Waals surface area contributed by atoms with Crippen molar-refractivity contribution in [1.82, 2.24) is 25.0 Å². The van der Waals surface area contributed by atoms with Gasteiger partial charge in [0.05, 0.1) is 22.6 Å². The minimum absolute atomic E-state index is 0.0312. The number of nitrogens with zero attached hydrogens (tertiary/aromatic N) is 6. The predicted octanol–water partition coefficient (Wildman–Crippen LogP) is 3.29. The van der Waals surface area contributed by atoms with Gasteiger partial charge in [0.25, 0.3) is 0 Å². The van der Waals surface area contributed by atoms with Crippen molar-refractivity contribution in [3.8, 4) is 5.69 Å². The molecule has 8 nitrogen and oxygen atoms in total. The molecule has 9 heteroatoms. The van der Waals surface area contributed by atoms with Crippen LogP contribution in [0.5, 0.6) is 0 Å². The number of amides is 1. The van der Waals surface area contributed by atoms with Gasteiger partial charge in [-0.1, -0.05) is 41.7 Å². The Morgan fingerprint density at radius 2 is 1.74 bits per heavy atom. The second kappa shape index (κ2) is 10.1. The fourth-order valence-corrected chi connectivity index (χ4v) is 5.21. The number of hydrogen-bond acceptors (Lipinski definition) is 7. The molecular formula is C26H31N7OS. The highest BCUT2D eigenvalue weighted by molar-refractivity contribution is 7.22. The molecule has 0 atom stereocenters. The lowest BCUT2D eigenvalue weighted by Crippen LogP contribution is -2.44. The molecular weight excluding hydrogens is 458 g/mol. The maximum Gasteiger partial charge on any atom is 0.239 e. The average Bonchev–Trinajstić information content (AvgIpc) is 3.45. The van der Waals surface area contributed by atoms with E-state index in [0.29, 0.717) is 6.54 Å². The van der Waals surface area contributed by atoms with Gasteiger partial charge in [0, 0.05) is 45.5 Å². The second-order valence-electron chi connectivity index (χ2n) is 9.07. The van der Waals surface area contributed by atoms with Crippen LogP contribution in [0.25, 0.3) is 16.0 Å². The average molecular weight is 490 g/mol. The van der Waals surface area contributed by atoms with Crippen molar-refractivity contribution in [2.24, 2.45) is 0 Å². The second-order valence-corrected chi connectivity index (χ2v) is 10.0. The van der Waals surface area contributed by atoms with Gasteiger partial charge in [-0.2, -0.15) is 10.1 Å². The molecule has 4 aromatic rings. The molecule has 0 aliphatic carbocycles. The van der Waals surface area contributed by atoms with Crippen LogP contribution in [-0.2, 0) is 11.3 Å². The molecule has 0 spiro atoms. The molecule has 0 bridgehead atoms. The first-order valence-electron chi connectivity index (χ1n) is 11.9. The lowest BCUT2D eigenvalue weighted by molar-refractivity contribution is -0.119. The molecule has 1 saturated heterocycles. The topological polar surface area (TPSA) is 69.5 Å². The summed E-state index contributed by atoms with van der Waals surface area (Å²) in [6.07, 6.45) is 0. The third kappa shape index (κ3) is 5.16. The molecule has 3 heterocycles. The van der Waals surface area contributed by atoms with Crippen LogP contribution in [0.4, 0.5) is 10.8 Å². The molecule has 182 valence electrons. The number of para-hydroxylation sites is 1. The summed E-state index contributed by atoms with van der Waals surface area (Å²) in [5.74, 6) is -0.0312. The number of nitrogens with one attached hydrogen (secondary N) is 1. The lowest BCUT2D eigenvalue weighted by Gasteiger charge is -2.34. The summed E-state index contributed by atoms with van der Waals surface area (Å²) < 4.78 is 2.90. The number of rotatable bonds is 7. The van der Waals surface area contributed by atoms with Crippen molar-refractivity contribution in [1.29, 1.82) is 0 Å². The third-order valence-electron chi connectivity index (χ3n) is 6.38. The number of thiazole rings is 1. The van der Waals surface area contributed by atoms with E-state index >= 15 is 0 Å². The zero-order chi connectivity index (χ0) is 24.4. The summed E-state index contributed by atoms with van der Waals surface area (Å²) in [6, 6.07) is 18.5. The number of anilines is 2. The summed E-state index contributed by atoms with van der Waals surface area (Å²) >= 11 is 1.56. The van der Waals surface area contributed by atoms with Gasteiger partial charge < -0.3 is 20.0 Å². The molecule has 0 radical (unpaired) electrons. The number of piperazine rings is 1. The molecule has 2 aromatic heterocycles. The molecule has 1 fully saturated rings. The first-order valence-corrected chi connectivity index (χ1v) is 12.7. The Hall–Kier alpha value is -3.43. The van der Waals surface area contributed by atoms with Gasteiger partial charge in [-0.05, 0) is 43.8 Å². The van der Waals surface area contributed by atoms with E-state index in [-0.39, 0.29) is 12.5 Å². The molecule has 5 rings (SSSR count). The summed E-state index contributed by atoms with van der Waals surface area (Å²) in [6.45, 7) is 7.02. The molecule has 1 amide bonds. The van der Waals surface area contributed by atoms with E-state index in [4.69, 9.17) is 4.98 Å². The molecule has 2 aromatic carbocycles. The van der Waals surface area contributed by atoms with Crippen LogP contribution in [0, 0.1) is 6.92 Å². The van der Waals surface area contributed by atoms with Crippen LogP contribution < -0.4 is 15.1 Å². The van der Waals surface area contributed by atoms with Crippen LogP contribution in [0.1, 0.15) is 11.3 Å². The quantitative estimate of drug-likeness (QED) is 0.430. The van der Waals surface area contributed by atoms with E-state index in [0.717, 1.165) is 58.6 Å². The normalized spacial score (nSPS) is 14.4. The summed E-state index contributed by atoms with van der Waals surface area (Å²) in [5.41, 5.74) is 5.07. The van der Waals surface area contributed by atoms with Crippen molar-refractivity contribution in [2.75, 3.05) is 56.6 Å². The van der Waals surface area contributed by atoms with Crippen molar-refractivity contribution < 1.29 is 4.79 Å². The Morgan fingerprint density at radius 3 is 2.46 bits per heavy atom. The SMILES string of the molecule is Cc1nn(-c2ccccc2)c2nc(N(C)CC(=O)NCc3ccc(N4CCN(C)CC4)cc3)sc12. The van der Waals surface area contributed by atoms with Crippen LogP contribution in [0.3, 0.4) is 0 Å². The zero-order valence-corrected chi connectivity index (χ0v) is 21.3. The molecule has 35 heavy (non-hydrogen) atoms. The first-order chi connectivity index (χ1) is 17.0. The molecule has 1 aliphatic heterocycles. The number of aryl methyl sites for hydroxylation is 1. The number of carbonyl (C=O) groups is 1. The number of aromatic nitrogens is 3. The molecule has 0 saturated carbocycles. The van der Waals surface area contributed by atoms with Gasteiger partial charge in [0.2, 0.25) is 5.91 Å². The van der Waals surface area contributed by atoms with Crippen molar-refractivity contribution in [2.45, 2.75) is 13.5 Å². The molecule has 0 unspecified atom stereocenters. The zero-order valence-electron chi connectivity index (χ0n) is 20.4. The van der Waals surface area contributed by atoms with E-state index < -0.39 is 0 Å². The minimum atomic E-state index is -0.0312. The van der Waals surface area contributed by atoms with Gasteiger partial charge >= 0.3 is 0 Å². The monoisotopic (exact) mass is 489 g/mol. The van der Waals surface area contributed by atoms with E-state index in [2.05, 4.69) is 51.5 Å². The Bertz CT molecular complexity index is 1290. The number of carbonyl (C=O) groups excluding carboxylic acids is 1. The summed E-state index contributed by atoms with van der Waals surface area (Å²) in [4.78, 5) is 24.1. The number of fused-ring (bicyclic) bond motifs is 1. The minimum Gasteiger partial charge on any atom is -0.369 e. The number of likely N-dealkylation sites (N-methyl/N-ethyl adjacent to an activating group) is 2. The van der Waals surface area contributed by atoms with Crippen LogP contribution in [0.2, 0.25) is 0 Å². The fraction of sp³-hybridized carbons (Fsp3) is 0.346. The number of benzene rings is 2. The maximum absolute atomic E-state index is 12.6. The smallest absolute Gasteiger partial charge is 0.239 e. The van der Waals surface area contributed by atoms with E-state index in [1.54, 1.807) is 11.3 Å². The molecule has 1 aliphatic rings. The van der Waals surface area contributed by atoms with E-state index in [1.807, 2.05) is 53.9 Å². The highest BCUT2D eigenvalue weighted by atomic mass is 32.1. The van der Waals surface area contributed by atoms with Crippen molar-refractivity contribution >= 4 is 38.4 Å². The van der Waals surface area contributed by atoms with Gasteiger partial charge in [-0.25, -0.2) is 4.68 Å². The Morgan fingerprint density at radius 1 is 1.03 bits per heavy atom. The largest absolute Gasteiger partial charge is 0.369 e. The van der Waals surface area contributed by atoms with Gasteiger partial charge in [-0.15, -0.1) is 0 Å². The Kier molecular flexibility index (Phi) is 6.70. The van der Waals surface area contributed by atoms with Crippen LogP contribution in [0.15, 0.2) is 54.6 Å². The van der Waals surface area contributed by atoms with E-state index in [9.17, 15) is 4.79 Å². The fourth-order valence-electron chi connectivity index (χ4n) is 4.26. The predicted molar refractivity (Wildman–Crippen MR) is 143 cm³/mol. The highest BCUT2D eigenvalue weighted by Gasteiger charge is 2.18. The Balaban J connectivity index is 1.18. The van der Waals surface area contributed by atoms with E-state index in [1.165, 1.54) is 5.69 Å². The van der Waals surface area contributed by atoms with Crippen LogP contribution in [-0.4, -0.2) is 72.4 Å². The molecule has 1 N–H and O–H groups in total. The van der Waals surface area contributed by atoms with Crippen molar-refractivity contribution in [3.63, 3.8) is 0 Å². The maximum atomic E-state index is 12.6. The summed E-state index contributed by atoms with van der Waals surface area (Å²) in [7, 11) is 4.06. The van der Waals surface area contributed by atoms with Gasteiger partial charge in [0.1, 0.15) is 0 Å². The summed E-state index contributed by atoms with van der Waals surface area (Å²) in [5, 5.41) is 8.49. The van der Waals surface area contributed by atoms with Crippen molar-refractivity contribution in [3.05, 3.63) is 65.9 Å².